The summed E-state index contributed by atoms with van der Waals surface area (Å²) < 4.78 is 0. The van der Waals surface area contributed by atoms with Crippen LogP contribution in [0.1, 0.15) is 22.7 Å². The monoisotopic (exact) mass is 437 g/mol. The Kier molecular flexibility index (Phi) is 5.37. The summed E-state index contributed by atoms with van der Waals surface area (Å²) in [6, 6.07) is 19.8. The van der Waals surface area contributed by atoms with E-state index in [0.29, 0.717) is 26.9 Å². The van der Waals surface area contributed by atoms with Crippen molar-refractivity contribution >= 4 is 46.3 Å². The predicted octanol–water partition coefficient (Wildman–Crippen LogP) is 5.93. The van der Waals surface area contributed by atoms with Crippen LogP contribution in [0.15, 0.2) is 78.4 Å². The van der Waals surface area contributed by atoms with Crippen LogP contribution in [0.25, 0.3) is 5.76 Å². The summed E-state index contributed by atoms with van der Waals surface area (Å²) in [7, 11) is 0. The number of nitrogens with zero attached hydrogens (tertiary/aromatic N) is 1. The summed E-state index contributed by atoms with van der Waals surface area (Å²) in [5.74, 6) is -1.70. The van der Waals surface area contributed by atoms with Gasteiger partial charge in [-0.3, -0.25) is 14.5 Å². The molecule has 3 aromatic carbocycles. The highest BCUT2D eigenvalue weighted by Gasteiger charge is 2.46. The normalized spacial score (nSPS) is 18.1. The van der Waals surface area contributed by atoms with E-state index in [0.717, 1.165) is 5.56 Å². The number of ketones is 1. The second-order valence-corrected chi connectivity index (χ2v) is 7.94. The van der Waals surface area contributed by atoms with Crippen molar-refractivity contribution in [1.29, 1.82) is 0 Å². The van der Waals surface area contributed by atoms with Crippen LogP contribution in [-0.4, -0.2) is 16.8 Å². The minimum Gasteiger partial charge on any atom is -0.507 e. The van der Waals surface area contributed by atoms with Crippen molar-refractivity contribution in [3.63, 3.8) is 0 Å². The third kappa shape index (κ3) is 3.60. The fourth-order valence-electron chi connectivity index (χ4n) is 3.53. The Morgan fingerprint density at radius 2 is 1.37 bits per heavy atom. The highest BCUT2D eigenvalue weighted by Crippen LogP contribution is 2.42. The van der Waals surface area contributed by atoms with Gasteiger partial charge in [0.15, 0.2) is 0 Å². The standard InChI is InChI=1S/C24H17Cl2NO3/c1-14-2-12-19(13-3-14)27-21(15-4-8-17(25)9-5-15)20(23(29)24(27)30)22(28)16-6-10-18(26)11-7-16/h2-13,21,28H,1H3. The Hall–Kier alpha value is -3.08. The van der Waals surface area contributed by atoms with Gasteiger partial charge in [0.1, 0.15) is 5.76 Å². The summed E-state index contributed by atoms with van der Waals surface area (Å²) in [6.45, 7) is 1.94. The molecular formula is C24H17Cl2NO3. The van der Waals surface area contributed by atoms with Crippen molar-refractivity contribution < 1.29 is 14.7 Å². The second-order valence-electron chi connectivity index (χ2n) is 7.06. The van der Waals surface area contributed by atoms with E-state index in [1.54, 1.807) is 60.7 Å². The van der Waals surface area contributed by atoms with Gasteiger partial charge < -0.3 is 5.11 Å². The van der Waals surface area contributed by atoms with Crippen molar-refractivity contribution in [2.45, 2.75) is 13.0 Å². The first-order valence-electron chi connectivity index (χ1n) is 9.26. The van der Waals surface area contributed by atoms with Gasteiger partial charge in [0.25, 0.3) is 11.7 Å². The average molecular weight is 438 g/mol. The number of aliphatic hydroxyl groups excluding tert-OH is 1. The van der Waals surface area contributed by atoms with Gasteiger partial charge in [-0.25, -0.2) is 0 Å². The molecule has 1 saturated heterocycles. The van der Waals surface area contributed by atoms with Crippen molar-refractivity contribution in [2.24, 2.45) is 0 Å². The van der Waals surface area contributed by atoms with Crippen molar-refractivity contribution in [3.8, 4) is 0 Å². The van der Waals surface area contributed by atoms with Gasteiger partial charge in [-0.05, 0) is 61.0 Å². The fourth-order valence-corrected chi connectivity index (χ4v) is 3.78. The zero-order valence-corrected chi connectivity index (χ0v) is 17.5. The molecular weight excluding hydrogens is 421 g/mol. The minimum atomic E-state index is -0.791. The van der Waals surface area contributed by atoms with Crippen LogP contribution in [0, 0.1) is 6.92 Å². The number of carbonyl (C=O) groups is 2. The number of Topliss-reactive ketones (excluding diaryl/α,β-unsaturated/α-hetero) is 1. The molecule has 1 aliphatic heterocycles. The van der Waals surface area contributed by atoms with Crippen LogP contribution in [0.4, 0.5) is 5.69 Å². The van der Waals surface area contributed by atoms with Gasteiger partial charge in [-0.1, -0.05) is 53.0 Å². The van der Waals surface area contributed by atoms with Gasteiger partial charge in [-0.2, -0.15) is 0 Å². The van der Waals surface area contributed by atoms with Gasteiger partial charge in [0.05, 0.1) is 11.6 Å². The van der Waals surface area contributed by atoms with Gasteiger partial charge in [-0.15, -0.1) is 0 Å². The Morgan fingerprint density at radius 3 is 1.93 bits per heavy atom. The molecule has 3 aromatic rings. The van der Waals surface area contributed by atoms with Crippen LogP contribution < -0.4 is 4.90 Å². The number of rotatable bonds is 3. The minimum absolute atomic E-state index is 0.0187. The average Bonchev–Trinajstić information content (AvgIpc) is 3.00. The number of benzene rings is 3. The highest BCUT2D eigenvalue weighted by molar-refractivity contribution is 6.51. The Morgan fingerprint density at radius 1 is 0.833 bits per heavy atom. The Balaban J connectivity index is 1.93. The molecule has 150 valence electrons. The predicted molar refractivity (Wildman–Crippen MR) is 119 cm³/mol. The first-order chi connectivity index (χ1) is 14.4. The van der Waals surface area contributed by atoms with Crippen LogP contribution >= 0.6 is 23.2 Å². The van der Waals surface area contributed by atoms with Crippen LogP contribution in [-0.2, 0) is 9.59 Å². The number of halogens is 2. The van der Waals surface area contributed by atoms with E-state index in [4.69, 9.17) is 23.2 Å². The van der Waals surface area contributed by atoms with Crippen LogP contribution in [0.2, 0.25) is 10.0 Å². The van der Waals surface area contributed by atoms with E-state index in [1.165, 1.54) is 4.90 Å². The number of amides is 1. The number of aliphatic hydroxyl groups is 1. The lowest BCUT2D eigenvalue weighted by molar-refractivity contribution is -0.132. The van der Waals surface area contributed by atoms with E-state index in [1.807, 2.05) is 19.1 Å². The molecule has 1 unspecified atom stereocenters. The number of carbonyl (C=O) groups excluding carboxylic acids is 2. The molecule has 1 N–H and O–H groups in total. The Labute approximate surface area is 184 Å². The van der Waals surface area contributed by atoms with Crippen LogP contribution in [0.5, 0.6) is 0 Å². The first kappa shape index (κ1) is 20.2. The number of aryl methyl sites for hydroxylation is 1. The van der Waals surface area contributed by atoms with Crippen molar-refractivity contribution in [3.05, 3.63) is 105 Å². The number of anilines is 1. The summed E-state index contributed by atoms with van der Waals surface area (Å²) in [5.41, 5.74) is 2.68. The zero-order valence-electron chi connectivity index (χ0n) is 16.0. The van der Waals surface area contributed by atoms with E-state index in [9.17, 15) is 14.7 Å². The molecule has 30 heavy (non-hydrogen) atoms. The van der Waals surface area contributed by atoms with Gasteiger partial charge in [0.2, 0.25) is 0 Å². The lowest BCUT2D eigenvalue weighted by atomic mass is 9.95. The molecule has 1 atom stereocenters. The molecule has 0 radical (unpaired) electrons. The van der Waals surface area contributed by atoms with Gasteiger partial charge >= 0.3 is 0 Å². The smallest absolute Gasteiger partial charge is 0.300 e. The first-order valence-corrected chi connectivity index (χ1v) is 10.0. The molecule has 0 aromatic heterocycles. The molecule has 4 rings (SSSR count). The zero-order chi connectivity index (χ0) is 21.4. The topological polar surface area (TPSA) is 57.6 Å². The maximum Gasteiger partial charge on any atom is 0.300 e. The third-order valence-electron chi connectivity index (χ3n) is 5.06. The van der Waals surface area contributed by atoms with E-state index in [2.05, 4.69) is 0 Å². The summed E-state index contributed by atoms with van der Waals surface area (Å²) in [4.78, 5) is 27.5. The molecule has 4 nitrogen and oxygen atoms in total. The fraction of sp³-hybridized carbons (Fsp3) is 0.0833. The molecule has 0 spiro atoms. The third-order valence-corrected chi connectivity index (χ3v) is 5.56. The summed E-state index contributed by atoms with van der Waals surface area (Å²) in [6.07, 6.45) is 0. The molecule has 0 bridgehead atoms. The number of hydrogen-bond acceptors (Lipinski definition) is 3. The van der Waals surface area contributed by atoms with E-state index >= 15 is 0 Å². The van der Waals surface area contributed by atoms with Crippen molar-refractivity contribution in [1.82, 2.24) is 0 Å². The summed E-state index contributed by atoms with van der Waals surface area (Å²) in [5, 5.41) is 12.0. The SMILES string of the molecule is Cc1ccc(N2C(=O)C(=O)C(=C(O)c3ccc(Cl)cc3)C2c2ccc(Cl)cc2)cc1. The Bertz CT molecular complexity index is 1150. The molecule has 1 fully saturated rings. The highest BCUT2D eigenvalue weighted by atomic mass is 35.5. The summed E-state index contributed by atoms with van der Waals surface area (Å²) >= 11 is 12.0. The molecule has 0 aliphatic carbocycles. The molecule has 1 amide bonds. The quantitative estimate of drug-likeness (QED) is 0.313. The number of hydrogen-bond donors (Lipinski definition) is 1. The second kappa shape index (κ2) is 7.98. The van der Waals surface area contributed by atoms with E-state index < -0.39 is 17.7 Å². The van der Waals surface area contributed by atoms with Crippen LogP contribution in [0.3, 0.4) is 0 Å². The van der Waals surface area contributed by atoms with Crippen molar-refractivity contribution in [2.75, 3.05) is 4.90 Å². The maximum atomic E-state index is 13.0. The molecule has 1 aliphatic rings. The molecule has 0 saturated carbocycles. The lowest BCUT2D eigenvalue weighted by Gasteiger charge is -2.25. The lowest BCUT2D eigenvalue weighted by Crippen LogP contribution is -2.29. The largest absolute Gasteiger partial charge is 0.507 e. The van der Waals surface area contributed by atoms with E-state index in [-0.39, 0.29) is 11.3 Å². The maximum absolute atomic E-state index is 13.0. The molecule has 1 heterocycles. The molecule has 6 heteroatoms. The van der Waals surface area contributed by atoms with Gasteiger partial charge in [0, 0.05) is 21.3 Å².